The molecule has 2 N–H and O–H groups in total. The first-order valence-electron chi connectivity index (χ1n) is 9.24. The lowest BCUT2D eigenvalue weighted by Crippen LogP contribution is -2.32. The zero-order valence-electron chi connectivity index (χ0n) is 15.6. The van der Waals surface area contributed by atoms with Gasteiger partial charge in [0.05, 0.1) is 13.2 Å². The molecule has 9 heteroatoms. The van der Waals surface area contributed by atoms with Crippen molar-refractivity contribution < 1.29 is 9.53 Å². The maximum atomic E-state index is 12.5. The average molecular weight is 398 g/mol. The second kappa shape index (κ2) is 8.49. The number of benzene rings is 1. The Balaban J connectivity index is 1.38. The predicted octanol–water partition coefficient (Wildman–Crippen LogP) is 2.51. The normalized spacial score (nSPS) is 16.7. The summed E-state index contributed by atoms with van der Waals surface area (Å²) in [6, 6.07) is 9.85. The van der Waals surface area contributed by atoms with E-state index in [2.05, 4.69) is 25.9 Å². The highest BCUT2D eigenvalue weighted by atomic mass is 32.1. The van der Waals surface area contributed by atoms with Gasteiger partial charge in [0.2, 0.25) is 5.13 Å². The highest BCUT2D eigenvalue weighted by molar-refractivity contribution is 7.15. The lowest BCUT2D eigenvalue weighted by atomic mass is 10.1. The minimum absolute atomic E-state index is 0.272. The summed E-state index contributed by atoms with van der Waals surface area (Å²) in [5.41, 5.74) is 1.46. The molecule has 146 valence electrons. The van der Waals surface area contributed by atoms with Crippen LogP contribution >= 0.6 is 11.3 Å². The third-order valence-electron chi connectivity index (χ3n) is 4.66. The Morgan fingerprint density at radius 1 is 1.39 bits per heavy atom. The molecule has 4 rings (SSSR count). The number of piperidine rings is 1. The van der Waals surface area contributed by atoms with Gasteiger partial charge < -0.3 is 10.1 Å². The minimum atomic E-state index is -0.272. The summed E-state index contributed by atoms with van der Waals surface area (Å²) in [5.74, 6) is 0.533. The molecule has 1 saturated heterocycles. The van der Waals surface area contributed by atoms with E-state index < -0.39 is 0 Å². The van der Waals surface area contributed by atoms with Crippen LogP contribution in [0.15, 0.2) is 36.5 Å². The molecule has 2 aromatic heterocycles. The van der Waals surface area contributed by atoms with Crippen molar-refractivity contribution in [3.63, 3.8) is 0 Å². The van der Waals surface area contributed by atoms with Gasteiger partial charge in [0.1, 0.15) is 10.8 Å². The number of nitrogens with one attached hydrogen (secondary N) is 2. The number of nitrogens with zero attached hydrogens (tertiary/aromatic N) is 4. The number of aromatic nitrogens is 4. The van der Waals surface area contributed by atoms with Gasteiger partial charge in [-0.1, -0.05) is 23.5 Å². The number of hydrogen-bond acceptors (Lipinski definition) is 7. The number of methoxy groups -OCH3 is 1. The van der Waals surface area contributed by atoms with Crippen LogP contribution in [0.5, 0.6) is 5.75 Å². The summed E-state index contributed by atoms with van der Waals surface area (Å²) < 4.78 is 7.11. The van der Waals surface area contributed by atoms with Gasteiger partial charge in [-0.3, -0.25) is 14.8 Å². The SMILES string of the molecule is COc1cccc(Cc2nnc(NC(=O)c3ccn(C4CCCNC4)n3)s2)c1. The van der Waals surface area contributed by atoms with E-state index in [1.54, 1.807) is 13.2 Å². The summed E-state index contributed by atoms with van der Waals surface area (Å²) in [5, 5.41) is 20.1. The third-order valence-corrected chi connectivity index (χ3v) is 5.50. The Kier molecular flexibility index (Phi) is 5.63. The Morgan fingerprint density at radius 2 is 2.32 bits per heavy atom. The number of rotatable bonds is 6. The van der Waals surface area contributed by atoms with Crippen molar-refractivity contribution in [1.29, 1.82) is 0 Å². The topological polar surface area (TPSA) is 94.0 Å². The quantitative estimate of drug-likeness (QED) is 0.663. The van der Waals surface area contributed by atoms with E-state index in [9.17, 15) is 4.79 Å². The molecule has 1 aromatic carbocycles. The summed E-state index contributed by atoms with van der Waals surface area (Å²) in [7, 11) is 1.64. The van der Waals surface area contributed by atoms with Crippen LogP contribution in [0.4, 0.5) is 5.13 Å². The molecule has 0 spiro atoms. The van der Waals surface area contributed by atoms with Crippen molar-refractivity contribution in [2.75, 3.05) is 25.5 Å². The predicted molar refractivity (Wildman–Crippen MR) is 107 cm³/mol. The smallest absolute Gasteiger partial charge is 0.277 e. The fourth-order valence-corrected chi connectivity index (χ4v) is 3.98. The number of anilines is 1. The summed E-state index contributed by atoms with van der Waals surface area (Å²) in [4.78, 5) is 12.5. The zero-order valence-corrected chi connectivity index (χ0v) is 16.4. The molecule has 0 aliphatic carbocycles. The van der Waals surface area contributed by atoms with Gasteiger partial charge in [0.25, 0.3) is 5.91 Å². The van der Waals surface area contributed by atoms with Crippen LogP contribution in [0, 0.1) is 0 Å². The van der Waals surface area contributed by atoms with Gasteiger partial charge in [-0.2, -0.15) is 5.10 Å². The first-order valence-corrected chi connectivity index (χ1v) is 10.1. The van der Waals surface area contributed by atoms with E-state index >= 15 is 0 Å². The average Bonchev–Trinajstić information content (AvgIpc) is 3.39. The fraction of sp³-hybridized carbons (Fsp3) is 0.368. The molecule has 3 aromatic rings. The standard InChI is InChI=1S/C19H22N6O2S/c1-27-15-6-2-4-13(10-15)11-17-22-23-19(28-17)21-18(26)16-7-9-25(24-16)14-5-3-8-20-12-14/h2,4,6-7,9-10,14,20H,3,5,8,11-12H2,1H3,(H,21,23,26). The van der Waals surface area contributed by atoms with Gasteiger partial charge in [-0.25, -0.2) is 0 Å². The van der Waals surface area contributed by atoms with Crippen LogP contribution in [0.2, 0.25) is 0 Å². The lowest BCUT2D eigenvalue weighted by Gasteiger charge is -2.22. The van der Waals surface area contributed by atoms with E-state index in [1.165, 1.54) is 11.3 Å². The molecule has 1 unspecified atom stereocenters. The molecule has 1 aliphatic rings. The molecule has 0 bridgehead atoms. The lowest BCUT2D eigenvalue weighted by molar-refractivity contribution is 0.102. The van der Waals surface area contributed by atoms with E-state index in [1.807, 2.05) is 35.1 Å². The molecule has 28 heavy (non-hydrogen) atoms. The van der Waals surface area contributed by atoms with Crippen molar-refractivity contribution >= 4 is 22.4 Å². The first kappa shape index (κ1) is 18.6. The summed E-state index contributed by atoms with van der Waals surface area (Å²) >= 11 is 1.36. The monoisotopic (exact) mass is 398 g/mol. The van der Waals surface area contributed by atoms with Crippen molar-refractivity contribution in [2.45, 2.75) is 25.3 Å². The van der Waals surface area contributed by atoms with Crippen LogP contribution in [0.1, 0.15) is 39.9 Å². The van der Waals surface area contributed by atoms with Crippen molar-refractivity contribution in [2.24, 2.45) is 0 Å². The Bertz CT molecular complexity index is 947. The first-order chi connectivity index (χ1) is 13.7. The number of hydrogen-bond donors (Lipinski definition) is 2. The summed E-state index contributed by atoms with van der Waals surface area (Å²) in [6.07, 6.45) is 4.68. The Hall–Kier alpha value is -2.78. The maximum Gasteiger partial charge on any atom is 0.277 e. The molecular formula is C19H22N6O2S. The van der Waals surface area contributed by atoms with Gasteiger partial charge >= 0.3 is 0 Å². The number of ether oxygens (including phenoxy) is 1. The van der Waals surface area contributed by atoms with Crippen LogP contribution in [0.3, 0.4) is 0 Å². The second-order valence-electron chi connectivity index (χ2n) is 6.66. The molecule has 0 radical (unpaired) electrons. The van der Waals surface area contributed by atoms with Gasteiger partial charge in [-0.15, -0.1) is 10.2 Å². The summed E-state index contributed by atoms with van der Waals surface area (Å²) in [6.45, 7) is 1.92. The molecule has 0 saturated carbocycles. The van der Waals surface area contributed by atoms with Gasteiger partial charge in [0, 0.05) is 19.2 Å². The largest absolute Gasteiger partial charge is 0.497 e. The van der Waals surface area contributed by atoms with Gasteiger partial charge in [-0.05, 0) is 43.1 Å². The molecule has 1 fully saturated rings. The number of carbonyl (C=O) groups is 1. The molecule has 1 atom stereocenters. The molecule has 3 heterocycles. The van der Waals surface area contributed by atoms with Crippen LogP contribution in [-0.2, 0) is 6.42 Å². The van der Waals surface area contributed by atoms with E-state index in [0.717, 1.165) is 42.3 Å². The minimum Gasteiger partial charge on any atom is -0.497 e. The van der Waals surface area contributed by atoms with Crippen LogP contribution in [-0.4, -0.2) is 46.1 Å². The number of carbonyl (C=O) groups excluding carboxylic acids is 1. The third kappa shape index (κ3) is 4.37. The zero-order chi connectivity index (χ0) is 19.3. The fourth-order valence-electron chi connectivity index (χ4n) is 3.22. The number of amides is 1. The van der Waals surface area contributed by atoms with Crippen LogP contribution in [0.25, 0.3) is 0 Å². The highest BCUT2D eigenvalue weighted by Gasteiger charge is 2.18. The molecule has 1 amide bonds. The maximum absolute atomic E-state index is 12.5. The molecule has 8 nitrogen and oxygen atoms in total. The van der Waals surface area contributed by atoms with Crippen LogP contribution < -0.4 is 15.4 Å². The van der Waals surface area contributed by atoms with Crippen molar-refractivity contribution in [1.82, 2.24) is 25.3 Å². The van der Waals surface area contributed by atoms with E-state index in [4.69, 9.17) is 4.74 Å². The Labute approximate surface area is 166 Å². The van der Waals surface area contributed by atoms with E-state index in [0.29, 0.717) is 23.3 Å². The second-order valence-corrected chi connectivity index (χ2v) is 7.73. The van der Waals surface area contributed by atoms with Crippen molar-refractivity contribution in [3.05, 3.63) is 52.8 Å². The van der Waals surface area contributed by atoms with Gasteiger partial charge in [0.15, 0.2) is 5.69 Å². The Morgan fingerprint density at radius 3 is 3.14 bits per heavy atom. The van der Waals surface area contributed by atoms with Crippen molar-refractivity contribution in [3.8, 4) is 5.75 Å². The van der Waals surface area contributed by atoms with E-state index in [-0.39, 0.29) is 5.91 Å². The molecular weight excluding hydrogens is 376 g/mol. The molecule has 1 aliphatic heterocycles. The highest BCUT2D eigenvalue weighted by Crippen LogP contribution is 2.21.